The van der Waals surface area contributed by atoms with Gasteiger partial charge in [0.2, 0.25) is 0 Å². The van der Waals surface area contributed by atoms with Crippen molar-refractivity contribution in [2.75, 3.05) is 0 Å². The van der Waals surface area contributed by atoms with E-state index >= 15 is 0 Å². The van der Waals surface area contributed by atoms with Crippen molar-refractivity contribution < 1.29 is 0 Å². The third-order valence-corrected chi connectivity index (χ3v) is 0.0962. The average molecular weight is 46.7 g/mol. The minimum atomic E-state index is 1.15. The van der Waals surface area contributed by atoms with Crippen molar-refractivity contribution in [3.05, 3.63) is 0 Å². The second kappa shape index (κ2) is 2.69. The molecule has 0 amide bonds. The molecule has 0 aromatic heterocycles. The van der Waals surface area contributed by atoms with Gasteiger partial charge in [0.25, 0.3) is 0 Å². The fraction of sp³-hybridized carbons (Fsp3) is 0. The van der Waals surface area contributed by atoms with E-state index in [1.54, 1.807) is 0 Å². The van der Waals surface area contributed by atoms with E-state index in [1.165, 1.54) is 0 Å². The molecule has 0 fully saturated rings. The van der Waals surface area contributed by atoms with Gasteiger partial charge in [-0.25, -0.2) is 0 Å². The van der Waals surface area contributed by atoms with Gasteiger partial charge in [-0.2, -0.15) is 0 Å². The maximum atomic E-state index is 4.67. The molecule has 0 unspecified atom stereocenters. The van der Waals surface area contributed by atoms with Crippen LogP contribution in [0.4, 0.5) is 0 Å². The van der Waals surface area contributed by atoms with E-state index in [0.29, 0.717) is 0 Å². The molecule has 0 saturated heterocycles. The summed E-state index contributed by atoms with van der Waals surface area (Å²) < 4.78 is 0. The van der Waals surface area contributed by atoms with Gasteiger partial charge >= 0.3 is 26.4 Å². The molecule has 1 radical (unpaired) electrons. The summed E-state index contributed by atoms with van der Waals surface area (Å²) in [6.45, 7) is 1.15. The van der Waals surface area contributed by atoms with Crippen LogP contribution in [0.2, 0.25) is 0 Å². The molecule has 0 aliphatic carbocycles. The molecule has 0 bridgehead atoms. The average Bonchev–Trinajstić information content (AvgIpc) is 1.37. The summed E-state index contributed by atoms with van der Waals surface area (Å²) in [6, 6.07) is 0. The number of terminal acetylenes is 1. The van der Waals surface area contributed by atoms with E-state index in [1.807, 2.05) is 0 Å². The molecule has 0 N–H and O–H groups in total. The van der Waals surface area contributed by atoms with Crippen LogP contribution < -0.4 is 0 Å². The van der Waals surface area contributed by atoms with Gasteiger partial charge in [-0.1, -0.05) is 0 Å². The molecule has 0 aromatic rings. The molecule has 0 aliphatic heterocycles. The molecule has 0 atom stereocenters. The Balaban J connectivity index is 2.92. The molecule has 2 heteroatoms. The van der Waals surface area contributed by atoms with Crippen molar-refractivity contribution >= 4 is 14.2 Å². The zero-order valence-electron chi connectivity index (χ0n) is 2.23. The SMILES string of the molecule is [B]=BC#C. The van der Waals surface area contributed by atoms with Crippen molar-refractivity contribution in [1.82, 2.24) is 0 Å². The molecule has 0 spiro atoms. The topological polar surface area (TPSA) is 0 Å². The van der Waals surface area contributed by atoms with Crippen molar-refractivity contribution in [3.8, 4) is 12.2 Å². The normalized spacial score (nSPS) is 2.50. The fourth-order valence-electron chi connectivity index (χ4n) is 0. The predicted molar refractivity (Wildman–Crippen MR) is 20.3 cm³/mol. The van der Waals surface area contributed by atoms with Crippen LogP contribution in [0.25, 0.3) is 0 Å². The summed E-state index contributed by atoms with van der Waals surface area (Å²) in [5, 5.41) is 0. The third-order valence-electron chi connectivity index (χ3n) is 0.0962. The second-order valence-corrected chi connectivity index (χ2v) is 0.333. The number of rotatable bonds is 0. The Labute approximate surface area is 27.5 Å². The Bertz CT molecular complexity index is 49.5. The van der Waals surface area contributed by atoms with E-state index < -0.39 is 0 Å². The van der Waals surface area contributed by atoms with Gasteiger partial charge in [0.05, 0.1) is 0 Å². The van der Waals surface area contributed by atoms with Crippen LogP contribution in [0.5, 0.6) is 0 Å². The quantitative estimate of drug-likeness (QED) is 0.252. The zero-order valence-corrected chi connectivity index (χ0v) is 2.23. The Morgan fingerprint density at radius 1 is 2.00 bits per heavy atom. The van der Waals surface area contributed by atoms with Gasteiger partial charge in [0, 0.05) is 0 Å². The molecule has 0 aromatic carbocycles. The van der Waals surface area contributed by atoms with Crippen molar-refractivity contribution in [3.63, 3.8) is 0 Å². The summed E-state index contributed by atoms with van der Waals surface area (Å²) in [5.74, 6) is 2.08. The van der Waals surface area contributed by atoms with Crippen molar-refractivity contribution in [1.29, 1.82) is 0 Å². The van der Waals surface area contributed by atoms with Crippen LogP contribution in [0.3, 0.4) is 0 Å². The van der Waals surface area contributed by atoms with Crippen molar-refractivity contribution in [2.24, 2.45) is 0 Å². The van der Waals surface area contributed by atoms with Gasteiger partial charge in [0.1, 0.15) is 0 Å². The number of hydrogen-bond acceptors (Lipinski definition) is 0. The van der Waals surface area contributed by atoms with Crippen LogP contribution >= 0.6 is 0 Å². The van der Waals surface area contributed by atoms with E-state index in [9.17, 15) is 0 Å². The van der Waals surface area contributed by atoms with Gasteiger partial charge in [-0.3, -0.25) is 0 Å². The van der Waals surface area contributed by atoms with Crippen LogP contribution in [-0.2, 0) is 0 Å². The third kappa shape index (κ3) is 1.69. The predicted octanol–water partition coefficient (Wildman–Crippen LogP) is -0.635. The first-order valence-electron chi connectivity index (χ1n) is 0.911. The molecule has 0 heterocycles. The van der Waals surface area contributed by atoms with Crippen LogP contribution in [-0.4, -0.2) is 14.2 Å². The van der Waals surface area contributed by atoms with Gasteiger partial charge in [-0.05, 0) is 0 Å². The first-order valence-corrected chi connectivity index (χ1v) is 0.911. The number of hydrogen-bond donors (Lipinski definition) is 0. The molecule has 0 nitrogen and oxygen atoms in total. The molecule has 0 aliphatic rings. The molecule has 0 saturated carbocycles. The minimum absolute atomic E-state index is 1.15. The first kappa shape index (κ1) is 3.69. The Hall–Kier alpha value is -0.310. The standard InChI is InChI=1S/C2HB2/c1-2-4-3/h1H. The van der Waals surface area contributed by atoms with E-state index in [4.69, 9.17) is 0 Å². The molecular weight excluding hydrogens is 45.6 g/mol. The second-order valence-electron chi connectivity index (χ2n) is 0.333. The van der Waals surface area contributed by atoms with Crippen LogP contribution in [0.15, 0.2) is 0 Å². The monoisotopic (exact) mass is 47.0 g/mol. The van der Waals surface area contributed by atoms with Crippen LogP contribution in [0, 0.1) is 12.2 Å². The summed E-state index contributed by atoms with van der Waals surface area (Å²) in [6.07, 6.45) is 4.60. The molecular formula is C2HB2. The van der Waals surface area contributed by atoms with Gasteiger partial charge in [-0.15, -0.1) is 0 Å². The van der Waals surface area contributed by atoms with E-state index in [2.05, 4.69) is 19.6 Å². The summed E-state index contributed by atoms with van der Waals surface area (Å²) in [5.41, 5.74) is 0. The molecule has 0 rings (SSSR count). The molecule has 15 valence electrons. The Morgan fingerprint density at radius 3 is 2.25 bits per heavy atom. The van der Waals surface area contributed by atoms with Crippen LogP contribution in [0.1, 0.15) is 0 Å². The summed E-state index contributed by atoms with van der Waals surface area (Å²) in [4.78, 5) is 0. The zero-order chi connectivity index (χ0) is 3.41. The fourth-order valence-corrected chi connectivity index (χ4v) is 0. The van der Waals surface area contributed by atoms with Gasteiger partial charge < -0.3 is 0 Å². The first-order chi connectivity index (χ1) is 1.91. The van der Waals surface area contributed by atoms with Gasteiger partial charge in [0.15, 0.2) is 0 Å². The Morgan fingerprint density at radius 2 is 2.25 bits per heavy atom. The van der Waals surface area contributed by atoms with E-state index in [0.717, 1.165) is 6.80 Å². The summed E-state index contributed by atoms with van der Waals surface area (Å²) >= 11 is 0. The van der Waals surface area contributed by atoms with Crippen molar-refractivity contribution in [2.45, 2.75) is 0 Å². The van der Waals surface area contributed by atoms with E-state index in [-0.39, 0.29) is 0 Å². The maximum absolute atomic E-state index is 4.67. The summed E-state index contributed by atoms with van der Waals surface area (Å²) in [7, 11) is 4.67. The Kier molecular flexibility index (Phi) is 2.48. The molecule has 4 heavy (non-hydrogen) atoms.